The first-order valence-corrected chi connectivity index (χ1v) is 20.1. The number of halogens is 9. The minimum Gasteiger partial charge on any atom is -0.358 e. The number of nitrogens with zero attached hydrogens (tertiary/aromatic N) is 10. The summed E-state index contributed by atoms with van der Waals surface area (Å²) in [7, 11) is 0. The number of hydrogen-bond donors (Lipinski definition) is 1. The Balaban J connectivity index is 0.000000293. The van der Waals surface area contributed by atoms with E-state index in [4.69, 9.17) is 17.3 Å². The van der Waals surface area contributed by atoms with E-state index < -0.39 is 41.0 Å². The number of rotatable bonds is 12. The molecule has 6 aromatic rings. The van der Waals surface area contributed by atoms with Crippen molar-refractivity contribution < 1.29 is 44.7 Å². The van der Waals surface area contributed by atoms with Crippen LogP contribution in [-0.2, 0) is 18.8 Å². The molecule has 0 unspecified atom stereocenters. The van der Waals surface area contributed by atoms with Crippen LogP contribution in [-0.4, -0.2) is 93.2 Å². The first-order valence-electron chi connectivity index (χ1n) is 19.7. The maximum absolute atomic E-state index is 14.6. The maximum Gasteiger partial charge on any atom is 0.419 e. The Morgan fingerprint density at radius 2 is 1.00 bits per heavy atom. The molecule has 0 radical (unpaired) electrons. The molecule has 2 N–H and O–H groups in total. The summed E-state index contributed by atoms with van der Waals surface area (Å²) < 4.78 is 102. The molecule has 0 fully saturated rings. The molecule has 0 aliphatic rings. The summed E-state index contributed by atoms with van der Waals surface area (Å²) in [5.41, 5.74) is 4.36. The number of carbonyl (C=O) groups is 2. The molecule has 2 atom stereocenters. The molecule has 0 aliphatic carbocycles. The van der Waals surface area contributed by atoms with Crippen molar-refractivity contribution >= 4 is 23.4 Å². The largest absolute Gasteiger partial charge is 0.419 e. The van der Waals surface area contributed by atoms with Crippen LogP contribution in [0.25, 0.3) is 22.8 Å². The van der Waals surface area contributed by atoms with Crippen LogP contribution in [0, 0.1) is 19.1 Å². The molecule has 22 heteroatoms. The van der Waals surface area contributed by atoms with Crippen molar-refractivity contribution in [2.75, 3.05) is 19.6 Å². The second kappa shape index (κ2) is 24.6. The minimum absolute atomic E-state index is 0. The lowest BCUT2D eigenvalue weighted by molar-refractivity contribution is -0.138. The van der Waals surface area contributed by atoms with E-state index in [-0.39, 0.29) is 76.8 Å². The van der Waals surface area contributed by atoms with E-state index in [2.05, 4.69) is 39.9 Å². The number of benzene rings is 2. The predicted molar refractivity (Wildman–Crippen MR) is 230 cm³/mol. The lowest BCUT2D eigenvalue weighted by Gasteiger charge is -2.29. The average Bonchev–Trinajstić information content (AvgIpc) is 3.29. The highest BCUT2D eigenvalue weighted by Gasteiger charge is 2.32. The van der Waals surface area contributed by atoms with Crippen LogP contribution in [0.4, 0.5) is 35.1 Å². The molecule has 0 saturated heterocycles. The molecule has 66 heavy (non-hydrogen) atoms. The minimum atomic E-state index is -4.50. The van der Waals surface area contributed by atoms with Gasteiger partial charge in [-0.15, -0.1) is 0 Å². The Morgan fingerprint density at radius 1 is 0.621 bits per heavy atom. The standard InChI is InChI=1S/C22H21F4N5O.C16H19FN4O.C5H2ClF3N2.CH3/c1-3-31(14(2)8-9-18-29-12-15(13-30-18)22(24,25)26)21(32)16-6-4-7-17(23)19(16)20-27-10-5-11-28-20;1-3-21(11(2)10-18)16(22)12-6-4-7-13(17)14(12)15-19-8-5-9-20-15;6-4-10-1-3(2-11-4)5(7,8)9;/h4-7,10-14H,3,8-9H2,1-2H3;4-9,11H,3,10,18H2,1-2H3;1-2H;1H3/q;;;-1/t14-;11-;;/m00../s1. The van der Waals surface area contributed by atoms with Gasteiger partial charge >= 0.3 is 12.4 Å². The summed E-state index contributed by atoms with van der Waals surface area (Å²) in [6.07, 6.45) is 0.520. The molecule has 0 bridgehead atoms. The molecule has 0 spiro atoms. The fraction of sp³-hybridized carbons (Fsp3) is 0.295. The van der Waals surface area contributed by atoms with Gasteiger partial charge in [-0.3, -0.25) is 9.59 Å². The lowest BCUT2D eigenvalue weighted by atomic mass is 10.0. The number of nitrogens with two attached hydrogens (primary N) is 1. The SMILES string of the molecule is CCN(C(=O)c1cccc(F)c1-c1ncccn1)[C@@H](C)CCc1ncc(C(F)(F)F)cn1.CCN(C(=O)c1cccc(F)c1-c1ncccn1)[C@@H](C)CN.FC(F)(F)c1cnc(Cl)nc1.[CH3-]. The van der Waals surface area contributed by atoms with E-state index in [0.29, 0.717) is 38.4 Å². The number of aromatic nitrogens is 8. The van der Waals surface area contributed by atoms with Crippen LogP contribution in [0.5, 0.6) is 0 Å². The highest BCUT2D eigenvalue weighted by atomic mass is 35.5. The Kier molecular flexibility index (Phi) is 20.0. The zero-order valence-corrected chi connectivity index (χ0v) is 37.0. The molecule has 352 valence electrons. The normalized spacial score (nSPS) is 12.0. The van der Waals surface area contributed by atoms with Crippen molar-refractivity contribution in [3.8, 4) is 22.8 Å². The number of likely N-dealkylation sites (N-methyl/N-ethyl adjacent to an activating group) is 1. The zero-order valence-electron chi connectivity index (χ0n) is 36.2. The molecular weight excluding hydrogens is 902 g/mol. The van der Waals surface area contributed by atoms with E-state index >= 15 is 0 Å². The third-order valence-electron chi connectivity index (χ3n) is 9.44. The maximum atomic E-state index is 14.6. The van der Waals surface area contributed by atoms with Gasteiger partial charge in [0, 0.05) is 87.7 Å². The molecule has 2 aromatic carbocycles. The van der Waals surface area contributed by atoms with E-state index in [1.54, 1.807) is 34.9 Å². The predicted octanol–water partition coefficient (Wildman–Crippen LogP) is 9.27. The fourth-order valence-electron chi connectivity index (χ4n) is 6.05. The van der Waals surface area contributed by atoms with Gasteiger partial charge in [0.2, 0.25) is 5.28 Å². The molecule has 13 nitrogen and oxygen atoms in total. The lowest BCUT2D eigenvalue weighted by Crippen LogP contribution is -2.42. The molecule has 0 saturated carbocycles. The highest BCUT2D eigenvalue weighted by Crippen LogP contribution is 2.30. The highest BCUT2D eigenvalue weighted by molar-refractivity contribution is 6.28. The Labute approximate surface area is 380 Å². The van der Waals surface area contributed by atoms with E-state index in [0.717, 1.165) is 12.4 Å². The van der Waals surface area contributed by atoms with Gasteiger partial charge in [0.15, 0.2) is 11.6 Å². The molecule has 2 amide bonds. The zero-order chi connectivity index (χ0) is 47.9. The Bertz CT molecular complexity index is 2450. The van der Waals surface area contributed by atoms with E-state index in [1.807, 2.05) is 20.8 Å². The Hall–Kier alpha value is -6.61. The number of aryl methyl sites for hydroxylation is 1. The van der Waals surface area contributed by atoms with E-state index in [9.17, 15) is 44.7 Å². The summed E-state index contributed by atoms with van der Waals surface area (Å²) in [6.45, 7) is 8.50. The van der Waals surface area contributed by atoms with Crippen molar-refractivity contribution in [3.63, 3.8) is 0 Å². The van der Waals surface area contributed by atoms with Gasteiger partial charge in [0.25, 0.3) is 11.8 Å². The van der Waals surface area contributed by atoms with Gasteiger partial charge in [0.05, 0.1) is 33.4 Å². The fourth-order valence-corrected chi connectivity index (χ4v) is 6.14. The van der Waals surface area contributed by atoms with Crippen LogP contribution in [0.15, 0.2) is 98.1 Å². The summed E-state index contributed by atoms with van der Waals surface area (Å²) in [6, 6.07) is 11.4. The quantitative estimate of drug-likeness (QED) is 0.0705. The number of amides is 2. The first-order chi connectivity index (χ1) is 30.8. The van der Waals surface area contributed by atoms with Crippen LogP contribution in [0.3, 0.4) is 0 Å². The topological polar surface area (TPSA) is 170 Å². The number of alkyl halides is 6. The first kappa shape index (κ1) is 53.7. The number of hydrogen-bond acceptors (Lipinski definition) is 11. The summed E-state index contributed by atoms with van der Waals surface area (Å²) in [5, 5.41) is -0.196. The third-order valence-corrected chi connectivity index (χ3v) is 9.64. The third kappa shape index (κ3) is 14.4. The smallest absolute Gasteiger partial charge is 0.358 e. The van der Waals surface area contributed by atoms with Gasteiger partial charge in [0.1, 0.15) is 17.5 Å². The van der Waals surface area contributed by atoms with E-state index in [1.165, 1.54) is 55.1 Å². The van der Waals surface area contributed by atoms with Gasteiger partial charge in [-0.2, -0.15) is 26.3 Å². The van der Waals surface area contributed by atoms with Crippen LogP contribution >= 0.6 is 11.6 Å². The molecular formula is C44H45ClF8N11O2-. The molecule has 0 aliphatic heterocycles. The second-order valence-electron chi connectivity index (χ2n) is 13.7. The van der Waals surface area contributed by atoms with Crippen molar-refractivity contribution in [2.45, 2.75) is 65.0 Å². The van der Waals surface area contributed by atoms with Gasteiger partial charge in [-0.05, 0) is 82.1 Å². The summed E-state index contributed by atoms with van der Waals surface area (Å²) in [5.74, 6) is -1.25. The van der Waals surface area contributed by atoms with Crippen molar-refractivity contribution in [1.82, 2.24) is 49.7 Å². The average molecular weight is 947 g/mol. The van der Waals surface area contributed by atoms with Crippen LogP contribution in [0.2, 0.25) is 5.28 Å². The van der Waals surface area contributed by atoms with Crippen molar-refractivity contribution in [2.24, 2.45) is 5.73 Å². The van der Waals surface area contributed by atoms with Gasteiger partial charge < -0.3 is 23.0 Å². The van der Waals surface area contributed by atoms with Crippen molar-refractivity contribution in [1.29, 1.82) is 0 Å². The van der Waals surface area contributed by atoms with Crippen LogP contribution < -0.4 is 5.73 Å². The van der Waals surface area contributed by atoms with Gasteiger partial charge in [-0.1, -0.05) is 12.1 Å². The van der Waals surface area contributed by atoms with Crippen LogP contribution in [0.1, 0.15) is 71.8 Å². The molecule has 6 rings (SSSR count). The number of carbonyl (C=O) groups excluding carboxylic acids is 2. The molecule has 4 heterocycles. The van der Waals surface area contributed by atoms with Crippen molar-refractivity contribution in [3.05, 3.63) is 151 Å². The molecule has 4 aromatic heterocycles. The Morgan fingerprint density at radius 3 is 1.36 bits per heavy atom. The monoisotopic (exact) mass is 946 g/mol. The summed E-state index contributed by atoms with van der Waals surface area (Å²) >= 11 is 5.17. The van der Waals surface area contributed by atoms with Gasteiger partial charge in [-0.25, -0.2) is 48.7 Å². The summed E-state index contributed by atoms with van der Waals surface area (Å²) in [4.78, 5) is 59.4. The second-order valence-corrected chi connectivity index (χ2v) is 14.1.